The van der Waals surface area contributed by atoms with Gasteiger partial charge in [-0.15, -0.1) is 0 Å². The minimum Gasteiger partial charge on any atom is -0.229 e. The summed E-state index contributed by atoms with van der Waals surface area (Å²) < 4.78 is 22.7. The predicted octanol–water partition coefficient (Wildman–Crippen LogP) is 1.11. The number of hydrogen-bond donors (Lipinski definition) is 0. The average Bonchev–Trinajstić information content (AvgIpc) is 2.52. The second-order valence-electron chi connectivity index (χ2n) is 3.21. The van der Waals surface area contributed by atoms with E-state index in [0.717, 1.165) is 6.42 Å². The van der Waals surface area contributed by atoms with Gasteiger partial charge >= 0.3 is 0 Å². The molecule has 68 valence electrons. The molecule has 0 spiro atoms. The van der Waals surface area contributed by atoms with Gasteiger partial charge in [0.05, 0.1) is 11.3 Å². The SMILES string of the molecule is CCS(=O)(=O)[C@@H]1CC[C@H](C#N)C1. The zero-order valence-electron chi connectivity index (χ0n) is 7.16. The Kier molecular flexibility index (Phi) is 2.73. The second-order valence-corrected chi connectivity index (χ2v) is 5.78. The third-order valence-corrected chi connectivity index (χ3v) is 4.73. The smallest absolute Gasteiger partial charge is 0.152 e. The number of sulfone groups is 1. The van der Waals surface area contributed by atoms with E-state index in [1.807, 2.05) is 0 Å². The summed E-state index contributed by atoms with van der Waals surface area (Å²) in [7, 11) is -2.89. The van der Waals surface area contributed by atoms with Gasteiger partial charge in [0.1, 0.15) is 0 Å². The van der Waals surface area contributed by atoms with Crippen molar-refractivity contribution in [3.05, 3.63) is 0 Å². The molecule has 12 heavy (non-hydrogen) atoms. The summed E-state index contributed by atoms with van der Waals surface area (Å²) in [6.45, 7) is 1.66. The van der Waals surface area contributed by atoms with Crippen LogP contribution in [0.25, 0.3) is 0 Å². The summed E-state index contributed by atoms with van der Waals surface area (Å²) in [6, 6.07) is 2.13. The van der Waals surface area contributed by atoms with E-state index in [2.05, 4.69) is 6.07 Å². The minimum absolute atomic E-state index is 0.0312. The van der Waals surface area contributed by atoms with Gasteiger partial charge in [-0.2, -0.15) is 5.26 Å². The highest BCUT2D eigenvalue weighted by Gasteiger charge is 2.32. The van der Waals surface area contributed by atoms with E-state index in [4.69, 9.17) is 5.26 Å². The highest BCUT2D eigenvalue weighted by atomic mass is 32.2. The Morgan fingerprint density at radius 2 is 2.17 bits per heavy atom. The van der Waals surface area contributed by atoms with E-state index in [0.29, 0.717) is 12.8 Å². The standard InChI is InChI=1S/C8H13NO2S/c1-2-12(10,11)8-4-3-7(5-8)6-9/h7-8H,2-5H2,1H3/t7-,8+/m0/s1. The van der Waals surface area contributed by atoms with Crippen molar-refractivity contribution in [2.24, 2.45) is 5.92 Å². The topological polar surface area (TPSA) is 57.9 Å². The van der Waals surface area contributed by atoms with Gasteiger partial charge in [-0.25, -0.2) is 8.42 Å². The third-order valence-electron chi connectivity index (χ3n) is 2.48. The van der Waals surface area contributed by atoms with Crippen molar-refractivity contribution in [1.82, 2.24) is 0 Å². The Morgan fingerprint density at radius 3 is 2.58 bits per heavy atom. The van der Waals surface area contributed by atoms with Crippen LogP contribution in [-0.4, -0.2) is 19.4 Å². The fraction of sp³-hybridized carbons (Fsp3) is 0.875. The van der Waals surface area contributed by atoms with Crippen LogP contribution in [0, 0.1) is 17.2 Å². The Hall–Kier alpha value is -0.560. The zero-order chi connectivity index (χ0) is 9.19. The molecule has 3 nitrogen and oxygen atoms in total. The first-order valence-corrected chi connectivity index (χ1v) is 5.93. The van der Waals surface area contributed by atoms with E-state index in [1.165, 1.54) is 0 Å². The lowest BCUT2D eigenvalue weighted by atomic mass is 10.1. The Bertz CT molecular complexity index is 289. The zero-order valence-corrected chi connectivity index (χ0v) is 7.97. The number of nitrogens with zero attached hydrogens (tertiary/aromatic N) is 1. The van der Waals surface area contributed by atoms with Crippen LogP contribution in [0.2, 0.25) is 0 Å². The number of rotatable bonds is 2. The van der Waals surface area contributed by atoms with E-state index in [1.54, 1.807) is 6.92 Å². The Balaban J connectivity index is 2.66. The summed E-state index contributed by atoms with van der Waals surface area (Å²) in [6.07, 6.45) is 1.97. The molecule has 0 heterocycles. The Morgan fingerprint density at radius 1 is 1.50 bits per heavy atom. The molecule has 0 aromatic heterocycles. The van der Waals surface area contributed by atoms with Gasteiger partial charge in [-0.05, 0) is 19.3 Å². The number of nitriles is 1. The van der Waals surface area contributed by atoms with Gasteiger partial charge in [-0.3, -0.25) is 0 Å². The third kappa shape index (κ3) is 1.78. The molecule has 1 aliphatic rings. The maximum Gasteiger partial charge on any atom is 0.152 e. The quantitative estimate of drug-likeness (QED) is 0.650. The van der Waals surface area contributed by atoms with Crippen molar-refractivity contribution in [2.75, 3.05) is 5.75 Å². The molecule has 2 atom stereocenters. The fourth-order valence-corrected chi connectivity index (χ4v) is 3.11. The van der Waals surface area contributed by atoms with E-state index in [-0.39, 0.29) is 16.9 Å². The van der Waals surface area contributed by atoms with Crippen LogP contribution in [0.4, 0.5) is 0 Å². The van der Waals surface area contributed by atoms with Crippen molar-refractivity contribution < 1.29 is 8.42 Å². The molecule has 0 saturated heterocycles. The largest absolute Gasteiger partial charge is 0.229 e. The van der Waals surface area contributed by atoms with Crippen LogP contribution in [-0.2, 0) is 9.84 Å². The molecule has 0 aromatic rings. The molecule has 0 amide bonds. The highest BCUT2D eigenvalue weighted by Crippen LogP contribution is 2.29. The first-order valence-electron chi connectivity index (χ1n) is 4.21. The van der Waals surface area contributed by atoms with Gasteiger partial charge in [0.2, 0.25) is 0 Å². The van der Waals surface area contributed by atoms with Crippen molar-refractivity contribution in [2.45, 2.75) is 31.4 Å². The van der Waals surface area contributed by atoms with Crippen LogP contribution in [0.5, 0.6) is 0 Å². The molecule has 1 saturated carbocycles. The summed E-state index contributed by atoms with van der Waals surface area (Å²) in [5.41, 5.74) is 0. The molecule has 1 aliphatic carbocycles. The second kappa shape index (κ2) is 3.44. The van der Waals surface area contributed by atoms with Crippen LogP contribution < -0.4 is 0 Å². The maximum atomic E-state index is 11.4. The van der Waals surface area contributed by atoms with Gasteiger partial charge in [0, 0.05) is 11.7 Å². The summed E-state index contributed by atoms with van der Waals surface area (Å²) in [4.78, 5) is 0. The van der Waals surface area contributed by atoms with Crippen molar-refractivity contribution >= 4 is 9.84 Å². The first kappa shape index (κ1) is 9.53. The highest BCUT2D eigenvalue weighted by molar-refractivity contribution is 7.92. The lowest BCUT2D eigenvalue weighted by molar-refractivity contribution is 0.579. The normalized spacial score (nSPS) is 30.0. The van der Waals surface area contributed by atoms with Crippen LogP contribution >= 0.6 is 0 Å². The van der Waals surface area contributed by atoms with E-state index < -0.39 is 9.84 Å². The lowest BCUT2D eigenvalue weighted by Crippen LogP contribution is -2.19. The molecule has 1 fully saturated rings. The van der Waals surface area contributed by atoms with Crippen molar-refractivity contribution in [3.63, 3.8) is 0 Å². The molecular weight excluding hydrogens is 174 g/mol. The van der Waals surface area contributed by atoms with Gasteiger partial charge < -0.3 is 0 Å². The van der Waals surface area contributed by atoms with Crippen LogP contribution in [0.15, 0.2) is 0 Å². The van der Waals surface area contributed by atoms with E-state index in [9.17, 15) is 8.42 Å². The lowest BCUT2D eigenvalue weighted by Gasteiger charge is -2.07. The van der Waals surface area contributed by atoms with Crippen LogP contribution in [0.3, 0.4) is 0 Å². The molecule has 1 rings (SSSR count). The van der Waals surface area contributed by atoms with Crippen molar-refractivity contribution in [3.8, 4) is 6.07 Å². The summed E-state index contributed by atoms with van der Waals surface area (Å²) >= 11 is 0. The van der Waals surface area contributed by atoms with Gasteiger partial charge in [-0.1, -0.05) is 6.92 Å². The average molecular weight is 187 g/mol. The molecule has 0 N–H and O–H groups in total. The van der Waals surface area contributed by atoms with Crippen LogP contribution in [0.1, 0.15) is 26.2 Å². The predicted molar refractivity (Wildman–Crippen MR) is 46.2 cm³/mol. The van der Waals surface area contributed by atoms with Gasteiger partial charge in [0.15, 0.2) is 9.84 Å². The molecule has 0 unspecified atom stereocenters. The Labute approximate surface area is 73.3 Å². The minimum atomic E-state index is -2.89. The molecular formula is C8H13NO2S. The fourth-order valence-electron chi connectivity index (χ4n) is 1.62. The summed E-state index contributed by atoms with van der Waals surface area (Å²) in [5, 5.41) is 8.33. The monoisotopic (exact) mass is 187 g/mol. The van der Waals surface area contributed by atoms with Crippen molar-refractivity contribution in [1.29, 1.82) is 5.26 Å². The molecule has 0 aromatic carbocycles. The number of hydrogen-bond acceptors (Lipinski definition) is 3. The van der Waals surface area contributed by atoms with Gasteiger partial charge in [0.25, 0.3) is 0 Å². The van der Waals surface area contributed by atoms with E-state index >= 15 is 0 Å². The first-order chi connectivity index (χ1) is 5.60. The molecule has 0 radical (unpaired) electrons. The molecule has 0 bridgehead atoms. The maximum absolute atomic E-state index is 11.4. The molecule has 4 heteroatoms. The molecule has 0 aliphatic heterocycles. The summed E-state index contributed by atoms with van der Waals surface area (Å²) in [5.74, 6) is 0.173.